The van der Waals surface area contributed by atoms with Crippen molar-refractivity contribution in [2.75, 3.05) is 0 Å². The van der Waals surface area contributed by atoms with Crippen LogP contribution in [0, 0.1) is 0 Å². The molecule has 0 fully saturated rings. The maximum atomic E-state index is 9.72. The summed E-state index contributed by atoms with van der Waals surface area (Å²) < 4.78 is 4.48. The second kappa shape index (κ2) is 7.32. The summed E-state index contributed by atoms with van der Waals surface area (Å²) in [7, 11) is 0. The van der Waals surface area contributed by atoms with Crippen molar-refractivity contribution in [3.8, 4) is 0 Å². The molecule has 0 rings (SSSR count). The van der Waals surface area contributed by atoms with Crippen molar-refractivity contribution < 1.29 is 9.53 Å². The highest BCUT2D eigenvalue weighted by Gasteiger charge is 1.88. The summed E-state index contributed by atoms with van der Waals surface area (Å²) in [6.45, 7) is 5.31. The molecule has 0 saturated heterocycles. The van der Waals surface area contributed by atoms with Crippen LogP contribution in [0.3, 0.4) is 0 Å². The molecule has 0 aromatic rings. The fraction of sp³-hybridized carbons (Fsp3) is 0.667. The lowest BCUT2D eigenvalue weighted by Crippen LogP contribution is -1.83. The predicted octanol–water partition coefficient (Wildman–Crippen LogP) is 2.55. The van der Waals surface area contributed by atoms with Crippen molar-refractivity contribution in [3.63, 3.8) is 0 Å². The van der Waals surface area contributed by atoms with E-state index in [9.17, 15) is 4.79 Å². The average molecular weight is 155 g/mol. The molecule has 11 heavy (non-hydrogen) atoms. The fourth-order valence-electron chi connectivity index (χ4n) is 0.807. The molecule has 0 atom stereocenters. The molecule has 0 aliphatic rings. The molecule has 2 heteroatoms. The van der Waals surface area contributed by atoms with E-state index >= 15 is 0 Å². The Kier molecular flexibility index (Phi) is 6.79. The molecule has 0 spiro atoms. The number of hydrogen-bond donors (Lipinski definition) is 0. The van der Waals surface area contributed by atoms with E-state index in [1.54, 1.807) is 6.92 Å². The molecule has 0 heterocycles. The molecule has 0 aromatic carbocycles. The van der Waals surface area contributed by atoms with Crippen LogP contribution in [-0.2, 0) is 9.53 Å². The van der Waals surface area contributed by atoms with Crippen LogP contribution in [-0.4, -0.2) is 6.47 Å². The molecular formula is C9H15O2. The molecule has 0 bridgehead atoms. The van der Waals surface area contributed by atoms with Crippen LogP contribution in [0.25, 0.3) is 0 Å². The quantitative estimate of drug-likeness (QED) is 0.435. The summed E-state index contributed by atoms with van der Waals surface area (Å²) in [4.78, 5) is 9.72. The van der Waals surface area contributed by atoms with Gasteiger partial charge in [-0.2, -0.15) is 0 Å². The second-order valence-electron chi connectivity index (χ2n) is 2.50. The van der Waals surface area contributed by atoms with E-state index in [0.717, 1.165) is 12.8 Å². The van der Waals surface area contributed by atoms with Crippen molar-refractivity contribution in [1.82, 2.24) is 0 Å². The standard InChI is InChI=1S/C9H15O2/c1-3-4-5-6-7-9(2)11-8-10/h7H,3-6H2,1-2H3. The largest absolute Gasteiger partial charge is 0.423 e. The highest BCUT2D eigenvalue weighted by atomic mass is 16.5. The van der Waals surface area contributed by atoms with Crippen molar-refractivity contribution >= 4 is 6.47 Å². The summed E-state index contributed by atoms with van der Waals surface area (Å²) >= 11 is 0. The van der Waals surface area contributed by atoms with E-state index in [1.165, 1.54) is 19.3 Å². The molecule has 0 N–H and O–H groups in total. The van der Waals surface area contributed by atoms with E-state index in [0.29, 0.717) is 5.76 Å². The van der Waals surface area contributed by atoms with Crippen molar-refractivity contribution in [3.05, 3.63) is 11.8 Å². The number of unbranched alkanes of at least 4 members (excludes halogenated alkanes) is 3. The van der Waals surface area contributed by atoms with E-state index in [4.69, 9.17) is 0 Å². The summed E-state index contributed by atoms with van der Waals surface area (Å²) in [5.74, 6) is 0.649. The summed E-state index contributed by atoms with van der Waals surface area (Å²) in [6, 6.07) is 0. The first kappa shape index (κ1) is 10.2. The van der Waals surface area contributed by atoms with Gasteiger partial charge in [0, 0.05) is 0 Å². The van der Waals surface area contributed by atoms with Crippen LogP contribution in [0.15, 0.2) is 11.8 Å². The first-order valence-corrected chi connectivity index (χ1v) is 4.02. The zero-order chi connectivity index (χ0) is 8.53. The molecular weight excluding hydrogens is 140 g/mol. The van der Waals surface area contributed by atoms with E-state index in [1.807, 2.05) is 6.08 Å². The van der Waals surface area contributed by atoms with Gasteiger partial charge in [0.15, 0.2) is 0 Å². The topological polar surface area (TPSA) is 26.3 Å². The smallest absolute Gasteiger partial charge is 0.422 e. The Morgan fingerprint density at radius 2 is 2.27 bits per heavy atom. The van der Waals surface area contributed by atoms with Gasteiger partial charge in [-0.25, -0.2) is 4.79 Å². The Balaban J connectivity index is 3.31. The lowest BCUT2D eigenvalue weighted by Gasteiger charge is -1.95. The number of hydrogen-bond acceptors (Lipinski definition) is 2. The zero-order valence-corrected chi connectivity index (χ0v) is 7.22. The lowest BCUT2D eigenvalue weighted by molar-refractivity contribution is 0.362. The third-order valence-corrected chi connectivity index (χ3v) is 1.44. The molecule has 0 unspecified atom stereocenters. The van der Waals surface area contributed by atoms with Crippen LogP contribution in [0.2, 0.25) is 0 Å². The molecule has 0 aromatic heterocycles. The van der Waals surface area contributed by atoms with Crippen LogP contribution in [0.4, 0.5) is 0 Å². The Hall–Kier alpha value is -0.790. The van der Waals surface area contributed by atoms with Crippen LogP contribution >= 0.6 is 0 Å². The third kappa shape index (κ3) is 7.10. The van der Waals surface area contributed by atoms with Gasteiger partial charge in [-0.15, -0.1) is 0 Å². The maximum absolute atomic E-state index is 9.72. The van der Waals surface area contributed by atoms with Gasteiger partial charge in [0.1, 0.15) is 5.76 Å². The number of rotatable bonds is 6. The van der Waals surface area contributed by atoms with Crippen molar-refractivity contribution in [2.45, 2.75) is 39.5 Å². The first-order valence-electron chi connectivity index (χ1n) is 4.02. The molecule has 63 valence electrons. The van der Waals surface area contributed by atoms with Gasteiger partial charge in [0.05, 0.1) is 0 Å². The highest BCUT2D eigenvalue weighted by Crippen LogP contribution is 2.03. The Labute approximate surface area is 68.2 Å². The molecule has 0 aliphatic heterocycles. The Bertz CT molecular complexity index is 128. The van der Waals surface area contributed by atoms with Gasteiger partial charge >= 0.3 is 6.47 Å². The normalized spacial score (nSPS) is 11.3. The number of carbonyl (C=O) groups excluding carboxylic acids is 1. The fourth-order valence-corrected chi connectivity index (χ4v) is 0.807. The van der Waals surface area contributed by atoms with Crippen LogP contribution < -0.4 is 0 Å². The van der Waals surface area contributed by atoms with Gasteiger partial charge in [0.25, 0.3) is 0 Å². The van der Waals surface area contributed by atoms with Gasteiger partial charge in [-0.05, 0) is 25.8 Å². The summed E-state index contributed by atoms with van der Waals surface area (Å²) in [5, 5.41) is 0. The molecule has 1 radical (unpaired) electrons. The first-order chi connectivity index (χ1) is 5.31. The monoisotopic (exact) mass is 155 g/mol. The third-order valence-electron chi connectivity index (χ3n) is 1.44. The summed E-state index contributed by atoms with van der Waals surface area (Å²) in [5.41, 5.74) is 0. The van der Waals surface area contributed by atoms with Crippen molar-refractivity contribution in [1.29, 1.82) is 0 Å². The van der Waals surface area contributed by atoms with E-state index < -0.39 is 0 Å². The van der Waals surface area contributed by atoms with Gasteiger partial charge in [-0.3, -0.25) is 0 Å². The Morgan fingerprint density at radius 1 is 1.55 bits per heavy atom. The molecule has 0 amide bonds. The lowest BCUT2D eigenvalue weighted by atomic mass is 10.2. The maximum Gasteiger partial charge on any atom is 0.422 e. The number of allylic oxidation sites excluding steroid dienone is 2. The minimum absolute atomic E-state index is 0.649. The predicted molar refractivity (Wildman–Crippen MR) is 44.7 cm³/mol. The van der Waals surface area contributed by atoms with E-state index in [-0.39, 0.29) is 0 Å². The molecule has 0 saturated carbocycles. The van der Waals surface area contributed by atoms with Gasteiger partial charge in [0.2, 0.25) is 0 Å². The minimum Gasteiger partial charge on any atom is -0.423 e. The van der Waals surface area contributed by atoms with Crippen LogP contribution in [0.5, 0.6) is 0 Å². The highest BCUT2D eigenvalue weighted by molar-refractivity contribution is 5.40. The summed E-state index contributed by atoms with van der Waals surface area (Å²) in [6.07, 6.45) is 6.51. The Morgan fingerprint density at radius 3 is 2.82 bits per heavy atom. The average Bonchev–Trinajstić information content (AvgIpc) is 1.99. The van der Waals surface area contributed by atoms with Crippen LogP contribution in [0.1, 0.15) is 39.5 Å². The van der Waals surface area contributed by atoms with Gasteiger partial charge < -0.3 is 4.74 Å². The SMILES string of the molecule is CCCCCC=C(C)O[C]=O. The molecule has 2 nitrogen and oxygen atoms in total. The minimum atomic E-state index is 0.649. The molecule has 0 aliphatic carbocycles. The van der Waals surface area contributed by atoms with Gasteiger partial charge in [-0.1, -0.05) is 19.8 Å². The van der Waals surface area contributed by atoms with Crippen molar-refractivity contribution in [2.24, 2.45) is 0 Å². The second-order valence-corrected chi connectivity index (χ2v) is 2.50. The number of ether oxygens (including phenoxy) is 1. The van der Waals surface area contributed by atoms with E-state index in [2.05, 4.69) is 11.7 Å². The zero-order valence-electron chi connectivity index (χ0n) is 7.22.